The quantitative estimate of drug-likeness (QED) is 0.633. The standard InChI is InChI=1S/C13H24N2O/c1-2-3-4-5-6-7-8-9-12-10-13(11-16)15-14-12/h10,16H,2-9,11H2,1H3,(H,14,15). The fraction of sp³-hybridized carbons (Fsp3) is 0.769. The normalized spacial score (nSPS) is 10.9. The third-order valence-electron chi connectivity index (χ3n) is 2.90. The van der Waals surface area contributed by atoms with Crippen LogP contribution < -0.4 is 0 Å². The summed E-state index contributed by atoms with van der Waals surface area (Å²) >= 11 is 0. The van der Waals surface area contributed by atoms with Crippen LogP contribution in [-0.4, -0.2) is 15.3 Å². The molecule has 1 rings (SSSR count). The molecule has 0 atom stereocenters. The first kappa shape index (κ1) is 13.2. The summed E-state index contributed by atoms with van der Waals surface area (Å²) in [5.74, 6) is 0. The maximum absolute atomic E-state index is 8.86. The molecule has 0 saturated heterocycles. The number of aliphatic hydroxyl groups excluding tert-OH is 1. The number of nitrogens with zero attached hydrogens (tertiary/aromatic N) is 1. The monoisotopic (exact) mass is 224 g/mol. The number of aliphatic hydroxyl groups is 1. The van der Waals surface area contributed by atoms with Crippen molar-refractivity contribution in [1.82, 2.24) is 10.2 Å². The molecule has 0 aromatic carbocycles. The predicted octanol–water partition coefficient (Wildman–Crippen LogP) is 3.20. The summed E-state index contributed by atoms with van der Waals surface area (Å²) in [6.07, 6.45) is 10.4. The number of aromatic amines is 1. The van der Waals surface area contributed by atoms with E-state index >= 15 is 0 Å². The molecule has 0 amide bonds. The van der Waals surface area contributed by atoms with E-state index in [2.05, 4.69) is 17.1 Å². The van der Waals surface area contributed by atoms with Crippen molar-refractivity contribution in [1.29, 1.82) is 0 Å². The highest BCUT2D eigenvalue weighted by Gasteiger charge is 1.99. The molecule has 0 radical (unpaired) electrons. The average molecular weight is 224 g/mol. The fourth-order valence-electron chi connectivity index (χ4n) is 1.89. The van der Waals surface area contributed by atoms with E-state index in [1.807, 2.05) is 6.07 Å². The van der Waals surface area contributed by atoms with Crippen LogP contribution in [0.2, 0.25) is 0 Å². The summed E-state index contributed by atoms with van der Waals surface area (Å²) in [5.41, 5.74) is 1.90. The zero-order valence-corrected chi connectivity index (χ0v) is 10.3. The molecule has 0 aliphatic heterocycles. The molecule has 3 heteroatoms. The lowest BCUT2D eigenvalue weighted by Crippen LogP contribution is -1.86. The second kappa shape index (κ2) is 8.34. The van der Waals surface area contributed by atoms with E-state index in [1.54, 1.807) is 0 Å². The molecule has 0 bridgehead atoms. The molecule has 3 nitrogen and oxygen atoms in total. The second-order valence-electron chi connectivity index (χ2n) is 4.41. The maximum Gasteiger partial charge on any atom is 0.0879 e. The van der Waals surface area contributed by atoms with E-state index in [4.69, 9.17) is 5.11 Å². The minimum absolute atomic E-state index is 0.0352. The zero-order chi connectivity index (χ0) is 11.6. The molecule has 1 aromatic rings. The van der Waals surface area contributed by atoms with Gasteiger partial charge < -0.3 is 5.11 Å². The van der Waals surface area contributed by atoms with Crippen LogP contribution in [0, 0.1) is 0 Å². The summed E-state index contributed by atoms with van der Waals surface area (Å²) in [6, 6.07) is 1.96. The van der Waals surface area contributed by atoms with Gasteiger partial charge in [0.05, 0.1) is 12.3 Å². The number of aromatic nitrogens is 2. The Morgan fingerprint density at radius 1 is 1.12 bits per heavy atom. The summed E-state index contributed by atoms with van der Waals surface area (Å²) in [6.45, 7) is 2.28. The van der Waals surface area contributed by atoms with Crippen LogP contribution in [0.5, 0.6) is 0 Å². The topological polar surface area (TPSA) is 48.9 Å². The molecule has 0 unspecified atom stereocenters. The van der Waals surface area contributed by atoms with Gasteiger partial charge in [-0.15, -0.1) is 0 Å². The Bertz CT molecular complexity index is 271. The van der Waals surface area contributed by atoms with Crippen molar-refractivity contribution < 1.29 is 5.11 Å². The van der Waals surface area contributed by atoms with Gasteiger partial charge in [0.25, 0.3) is 0 Å². The van der Waals surface area contributed by atoms with Gasteiger partial charge in [0, 0.05) is 5.69 Å². The molecule has 16 heavy (non-hydrogen) atoms. The molecule has 0 saturated carbocycles. The third kappa shape index (κ3) is 5.31. The summed E-state index contributed by atoms with van der Waals surface area (Å²) < 4.78 is 0. The van der Waals surface area contributed by atoms with Crippen molar-refractivity contribution in [2.45, 2.75) is 64.9 Å². The van der Waals surface area contributed by atoms with Crippen molar-refractivity contribution in [2.75, 3.05) is 0 Å². The average Bonchev–Trinajstić information content (AvgIpc) is 2.76. The van der Waals surface area contributed by atoms with Crippen LogP contribution in [-0.2, 0) is 13.0 Å². The highest BCUT2D eigenvalue weighted by atomic mass is 16.3. The minimum Gasteiger partial charge on any atom is -0.390 e. The highest BCUT2D eigenvalue weighted by molar-refractivity contribution is 5.07. The van der Waals surface area contributed by atoms with Crippen molar-refractivity contribution in [3.63, 3.8) is 0 Å². The minimum atomic E-state index is 0.0352. The number of rotatable bonds is 9. The number of unbranched alkanes of at least 4 members (excludes halogenated alkanes) is 6. The van der Waals surface area contributed by atoms with Gasteiger partial charge in [0.2, 0.25) is 0 Å². The smallest absolute Gasteiger partial charge is 0.0879 e. The molecular weight excluding hydrogens is 200 g/mol. The Hall–Kier alpha value is -0.830. The van der Waals surface area contributed by atoms with Gasteiger partial charge >= 0.3 is 0 Å². The SMILES string of the molecule is CCCCCCCCCc1cc(CO)n[nH]1. The molecule has 2 N–H and O–H groups in total. The van der Waals surface area contributed by atoms with Crippen LogP contribution in [0.4, 0.5) is 0 Å². The fourth-order valence-corrected chi connectivity index (χ4v) is 1.89. The first-order chi connectivity index (χ1) is 7.86. The Kier molecular flexibility index (Phi) is 6.90. The van der Waals surface area contributed by atoms with Gasteiger partial charge in [0.1, 0.15) is 0 Å². The van der Waals surface area contributed by atoms with E-state index in [-0.39, 0.29) is 6.61 Å². The van der Waals surface area contributed by atoms with Crippen LogP contribution in [0.25, 0.3) is 0 Å². The summed E-state index contributed by atoms with van der Waals surface area (Å²) in [7, 11) is 0. The lowest BCUT2D eigenvalue weighted by molar-refractivity contribution is 0.276. The highest BCUT2D eigenvalue weighted by Crippen LogP contribution is 2.10. The first-order valence-corrected chi connectivity index (χ1v) is 6.51. The zero-order valence-electron chi connectivity index (χ0n) is 10.3. The predicted molar refractivity (Wildman–Crippen MR) is 66.2 cm³/mol. The van der Waals surface area contributed by atoms with Crippen LogP contribution in [0.3, 0.4) is 0 Å². The van der Waals surface area contributed by atoms with E-state index in [1.165, 1.54) is 44.9 Å². The van der Waals surface area contributed by atoms with Crippen LogP contribution in [0.1, 0.15) is 63.3 Å². The Morgan fingerprint density at radius 2 is 1.81 bits per heavy atom. The Labute approximate surface area is 98.3 Å². The van der Waals surface area contributed by atoms with E-state index in [0.29, 0.717) is 0 Å². The number of H-pyrrole nitrogens is 1. The molecule has 1 heterocycles. The summed E-state index contributed by atoms with van der Waals surface area (Å²) in [4.78, 5) is 0. The first-order valence-electron chi connectivity index (χ1n) is 6.51. The van der Waals surface area contributed by atoms with Gasteiger partial charge in [-0.2, -0.15) is 5.10 Å². The van der Waals surface area contributed by atoms with Gasteiger partial charge in [-0.05, 0) is 18.9 Å². The number of hydrogen-bond acceptors (Lipinski definition) is 2. The molecule has 0 aliphatic rings. The molecule has 0 fully saturated rings. The van der Waals surface area contributed by atoms with Crippen molar-refractivity contribution >= 4 is 0 Å². The van der Waals surface area contributed by atoms with Crippen molar-refractivity contribution in [3.05, 3.63) is 17.5 Å². The Balaban J connectivity index is 1.98. The van der Waals surface area contributed by atoms with Crippen LogP contribution in [0.15, 0.2) is 6.07 Å². The van der Waals surface area contributed by atoms with Gasteiger partial charge in [-0.3, -0.25) is 5.10 Å². The maximum atomic E-state index is 8.86. The Morgan fingerprint density at radius 3 is 2.44 bits per heavy atom. The number of aryl methyl sites for hydroxylation is 1. The van der Waals surface area contributed by atoms with Crippen molar-refractivity contribution in [2.24, 2.45) is 0 Å². The molecule has 92 valence electrons. The van der Waals surface area contributed by atoms with Gasteiger partial charge in [0.15, 0.2) is 0 Å². The molecular formula is C13H24N2O. The van der Waals surface area contributed by atoms with E-state index in [9.17, 15) is 0 Å². The lowest BCUT2D eigenvalue weighted by atomic mass is 10.1. The lowest BCUT2D eigenvalue weighted by Gasteiger charge is -1.99. The van der Waals surface area contributed by atoms with E-state index < -0.39 is 0 Å². The van der Waals surface area contributed by atoms with E-state index in [0.717, 1.165) is 17.8 Å². The molecule has 1 aromatic heterocycles. The van der Waals surface area contributed by atoms with Crippen LogP contribution >= 0.6 is 0 Å². The number of nitrogens with one attached hydrogen (secondary N) is 1. The molecule has 0 aliphatic carbocycles. The summed E-state index contributed by atoms with van der Waals surface area (Å²) in [5, 5.41) is 15.8. The number of hydrogen-bond donors (Lipinski definition) is 2. The van der Waals surface area contributed by atoms with Gasteiger partial charge in [-0.25, -0.2) is 0 Å². The largest absolute Gasteiger partial charge is 0.390 e. The molecule has 0 spiro atoms. The van der Waals surface area contributed by atoms with Gasteiger partial charge in [-0.1, -0.05) is 45.4 Å². The van der Waals surface area contributed by atoms with Crippen molar-refractivity contribution in [3.8, 4) is 0 Å². The second-order valence-corrected chi connectivity index (χ2v) is 4.41. The third-order valence-corrected chi connectivity index (χ3v) is 2.90.